The van der Waals surface area contributed by atoms with Crippen molar-refractivity contribution < 1.29 is 13.2 Å². The van der Waals surface area contributed by atoms with Gasteiger partial charge in [-0.25, -0.2) is 8.42 Å². The van der Waals surface area contributed by atoms with E-state index in [0.717, 1.165) is 4.47 Å². The second-order valence-corrected chi connectivity index (χ2v) is 5.97. The molecule has 1 aliphatic rings. The Morgan fingerprint density at radius 2 is 1.87 bits per heavy atom. The third-order valence-corrected chi connectivity index (χ3v) is 4.07. The molecular formula is C9H10BrNO3S. The van der Waals surface area contributed by atoms with Gasteiger partial charge in [-0.05, 0) is 31.2 Å². The molecule has 1 aromatic rings. The fourth-order valence-electron chi connectivity index (χ4n) is 1.14. The van der Waals surface area contributed by atoms with Gasteiger partial charge in [0, 0.05) is 4.47 Å². The van der Waals surface area contributed by atoms with E-state index in [0.29, 0.717) is 0 Å². The zero-order valence-electron chi connectivity index (χ0n) is 7.98. The van der Waals surface area contributed by atoms with Crippen molar-refractivity contribution in [3.05, 3.63) is 28.7 Å². The van der Waals surface area contributed by atoms with Crippen LogP contribution in [0.15, 0.2) is 33.6 Å². The van der Waals surface area contributed by atoms with Crippen molar-refractivity contribution >= 4 is 26.0 Å². The standard InChI is InChI=1S/C9H10BrNO3S/c1-6-9(14-6)11-15(12,13)8-4-2-7(10)3-5-8/h2-6,9,11H,1H3. The van der Waals surface area contributed by atoms with Crippen molar-refractivity contribution in [1.29, 1.82) is 0 Å². The van der Waals surface area contributed by atoms with Crippen LogP contribution in [0.2, 0.25) is 0 Å². The molecule has 82 valence electrons. The molecular weight excluding hydrogens is 282 g/mol. The molecule has 0 spiro atoms. The van der Waals surface area contributed by atoms with E-state index in [1.807, 2.05) is 6.92 Å². The molecule has 2 atom stereocenters. The SMILES string of the molecule is CC1OC1NS(=O)(=O)c1ccc(Br)cc1. The van der Waals surface area contributed by atoms with Crippen molar-refractivity contribution in [2.24, 2.45) is 0 Å². The van der Waals surface area contributed by atoms with Crippen LogP contribution in [0.25, 0.3) is 0 Å². The molecule has 1 aliphatic heterocycles. The maximum absolute atomic E-state index is 11.7. The number of hydrogen-bond acceptors (Lipinski definition) is 3. The molecule has 6 heteroatoms. The van der Waals surface area contributed by atoms with E-state index in [4.69, 9.17) is 4.74 Å². The zero-order valence-corrected chi connectivity index (χ0v) is 10.4. The molecule has 0 bridgehead atoms. The molecule has 0 amide bonds. The molecule has 1 heterocycles. The lowest BCUT2D eigenvalue weighted by Gasteiger charge is -2.03. The summed E-state index contributed by atoms with van der Waals surface area (Å²) in [4.78, 5) is 0.244. The summed E-state index contributed by atoms with van der Waals surface area (Å²) in [6, 6.07) is 6.45. The van der Waals surface area contributed by atoms with E-state index < -0.39 is 10.0 Å². The van der Waals surface area contributed by atoms with Gasteiger partial charge in [-0.1, -0.05) is 15.9 Å². The Labute approximate surface area is 96.8 Å². The van der Waals surface area contributed by atoms with E-state index >= 15 is 0 Å². The number of epoxide rings is 1. The molecule has 4 nitrogen and oxygen atoms in total. The van der Waals surface area contributed by atoms with Crippen LogP contribution in [-0.4, -0.2) is 20.7 Å². The Morgan fingerprint density at radius 1 is 1.33 bits per heavy atom. The van der Waals surface area contributed by atoms with Crippen LogP contribution in [0, 0.1) is 0 Å². The van der Waals surface area contributed by atoms with Crippen LogP contribution < -0.4 is 4.72 Å². The van der Waals surface area contributed by atoms with Gasteiger partial charge in [0.2, 0.25) is 10.0 Å². The second-order valence-electron chi connectivity index (χ2n) is 3.34. The quantitative estimate of drug-likeness (QED) is 0.858. The van der Waals surface area contributed by atoms with Gasteiger partial charge in [-0.15, -0.1) is 0 Å². The van der Waals surface area contributed by atoms with E-state index in [9.17, 15) is 8.42 Å². The highest BCUT2D eigenvalue weighted by atomic mass is 79.9. The Kier molecular flexibility index (Phi) is 2.85. The third-order valence-electron chi connectivity index (χ3n) is 2.11. The van der Waals surface area contributed by atoms with E-state index in [2.05, 4.69) is 20.7 Å². The predicted octanol–water partition coefficient (Wildman–Crippen LogP) is 1.47. The maximum Gasteiger partial charge on any atom is 0.242 e. The first-order chi connectivity index (χ1) is 6.99. The monoisotopic (exact) mass is 291 g/mol. The molecule has 0 radical (unpaired) electrons. The van der Waals surface area contributed by atoms with Gasteiger partial charge >= 0.3 is 0 Å². The lowest BCUT2D eigenvalue weighted by atomic mass is 10.4. The Morgan fingerprint density at radius 3 is 2.33 bits per heavy atom. The summed E-state index contributed by atoms with van der Waals surface area (Å²) in [6.45, 7) is 1.81. The zero-order chi connectivity index (χ0) is 11.1. The molecule has 1 saturated heterocycles. The number of hydrogen-bond donors (Lipinski definition) is 1. The highest BCUT2D eigenvalue weighted by Gasteiger charge is 2.38. The summed E-state index contributed by atoms with van der Waals surface area (Å²) in [5.41, 5.74) is 0. The highest BCUT2D eigenvalue weighted by molar-refractivity contribution is 9.10. The second kappa shape index (κ2) is 3.86. The van der Waals surface area contributed by atoms with Gasteiger partial charge in [0.25, 0.3) is 0 Å². The van der Waals surface area contributed by atoms with Gasteiger partial charge in [0.1, 0.15) is 6.23 Å². The first-order valence-electron chi connectivity index (χ1n) is 4.42. The van der Waals surface area contributed by atoms with Gasteiger partial charge in [-0.2, -0.15) is 4.72 Å². The number of sulfonamides is 1. The summed E-state index contributed by atoms with van der Waals surface area (Å²) in [5, 5.41) is 0. The molecule has 1 aromatic carbocycles. The number of halogens is 1. The third kappa shape index (κ3) is 2.57. The largest absolute Gasteiger partial charge is 0.353 e. The van der Waals surface area contributed by atoms with Crippen LogP contribution in [0.5, 0.6) is 0 Å². The molecule has 0 aliphatic carbocycles. The van der Waals surface area contributed by atoms with Crippen LogP contribution in [0.1, 0.15) is 6.92 Å². The average molecular weight is 292 g/mol. The molecule has 15 heavy (non-hydrogen) atoms. The first-order valence-corrected chi connectivity index (χ1v) is 6.70. The summed E-state index contributed by atoms with van der Waals surface area (Å²) < 4.78 is 31.8. The molecule has 0 saturated carbocycles. The van der Waals surface area contributed by atoms with E-state index in [-0.39, 0.29) is 17.2 Å². The minimum absolute atomic E-state index is 0.0322. The number of nitrogens with one attached hydrogen (secondary N) is 1. The van der Waals surface area contributed by atoms with Gasteiger partial charge in [0.05, 0.1) is 11.0 Å². The lowest BCUT2D eigenvalue weighted by molar-refractivity contribution is 0.370. The number of benzene rings is 1. The van der Waals surface area contributed by atoms with Crippen molar-refractivity contribution in [1.82, 2.24) is 4.72 Å². The van der Waals surface area contributed by atoms with Crippen LogP contribution in [-0.2, 0) is 14.8 Å². The van der Waals surface area contributed by atoms with Gasteiger partial charge < -0.3 is 4.74 Å². The van der Waals surface area contributed by atoms with E-state index in [1.165, 1.54) is 0 Å². The Balaban J connectivity index is 2.18. The molecule has 1 fully saturated rings. The summed E-state index contributed by atoms with van der Waals surface area (Å²) in [6.07, 6.45) is -0.408. The molecule has 2 unspecified atom stereocenters. The fourth-order valence-corrected chi connectivity index (χ4v) is 2.59. The predicted molar refractivity (Wildman–Crippen MR) is 58.8 cm³/mol. The minimum atomic E-state index is -3.44. The molecule has 0 aromatic heterocycles. The topological polar surface area (TPSA) is 58.7 Å². The molecule has 1 N–H and O–H groups in total. The average Bonchev–Trinajstić information content (AvgIpc) is 2.81. The Bertz CT molecular complexity index is 457. The van der Waals surface area contributed by atoms with Crippen molar-refractivity contribution in [2.75, 3.05) is 0 Å². The lowest BCUT2D eigenvalue weighted by Crippen LogP contribution is -2.27. The molecule has 2 rings (SSSR count). The normalized spacial score (nSPS) is 25.2. The van der Waals surface area contributed by atoms with Crippen LogP contribution in [0.3, 0.4) is 0 Å². The number of ether oxygens (including phenoxy) is 1. The maximum atomic E-state index is 11.7. The summed E-state index contributed by atoms with van der Waals surface area (Å²) in [7, 11) is -3.44. The number of rotatable bonds is 3. The highest BCUT2D eigenvalue weighted by Crippen LogP contribution is 2.21. The summed E-state index contributed by atoms with van der Waals surface area (Å²) in [5.74, 6) is 0. The van der Waals surface area contributed by atoms with Gasteiger partial charge in [-0.3, -0.25) is 0 Å². The minimum Gasteiger partial charge on any atom is -0.353 e. The Hall–Kier alpha value is -0.430. The van der Waals surface area contributed by atoms with Crippen molar-refractivity contribution in [2.45, 2.75) is 24.2 Å². The fraction of sp³-hybridized carbons (Fsp3) is 0.333. The summed E-state index contributed by atoms with van der Waals surface area (Å²) >= 11 is 3.25. The van der Waals surface area contributed by atoms with Crippen molar-refractivity contribution in [3.63, 3.8) is 0 Å². The van der Waals surface area contributed by atoms with Crippen LogP contribution >= 0.6 is 15.9 Å². The van der Waals surface area contributed by atoms with Gasteiger partial charge in [0.15, 0.2) is 0 Å². The van der Waals surface area contributed by atoms with E-state index in [1.54, 1.807) is 24.3 Å². The first kappa shape index (κ1) is 11.1. The smallest absolute Gasteiger partial charge is 0.242 e. The van der Waals surface area contributed by atoms with Crippen molar-refractivity contribution in [3.8, 4) is 0 Å². The van der Waals surface area contributed by atoms with Crippen LogP contribution in [0.4, 0.5) is 0 Å².